The molecule has 0 saturated carbocycles. The predicted molar refractivity (Wildman–Crippen MR) is 120 cm³/mol. The van der Waals surface area contributed by atoms with Crippen molar-refractivity contribution >= 4 is 29.1 Å². The van der Waals surface area contributed by atoms with Gasteiger partial charge in [0.05, 0.1) is 18.0 Å². The Labute approximate surface area is 204 Å². The number of carboxylic acids is 1. The smallest absolute Gasteiger partial charge is 0.430 e. The minimum Gasteiger partial charge on any atom is -0.542 e. The Kier molecular flexibility index (Phi) is 8.68. The van der Waals surface area contributed by atoms with Gasteiger partial charge in [-0.15, -0.1) is 11.3 Å². The Balaban J connectivity index is 0.000000429. The highest BCUT2D eigenvalue weighted by atomic mass is 32.1. The number of esters is 1. The molecule has 0 unspecified atom stereocenters. The van der Waals surface area contributed by atoms with Gasteiger partial charge in [-0.1, -0.05) is 36.4 Å². The lowest BCUT2D eigenvalue weighted by molar-refractivity contribution is -0.938. The summed E-state index contributed by atoms with van der Waals surface area (Å²) in [4.78, 5) is 34.9. The molecule has 35 heavy (non-hydrogen) atoms. The summed E-state index contributed by atoms with van der Waals surface area (Å²) in [5.41, 5.74) is 7.14. The van der Waals surface area contributed by atoms with E-state index in [0.717, 1.165) is 47.4 Å². The summed E-state index contributed by atoms with van der Waals surface area (Å²) in [6.07, 6.45) is -2.84. The number of quaternary nitrogens is 1. The van der Waals surface area contributed by atoms with E-state index in [1.165, 1.54) is 11.3 Å². The van der Waals surface area contributed by atoms with Gasteiger partial charge in [0.15, 0.2) is 6.10 Å². The van der Waals surface area contributed by atoms with Crippen LogP contribution in [-0.2, 0) is 20.7 Å². The van der Waals surface area contributed by atoms with Crippen LogP contribution in [0.3, 0.4) is 0 Å². The van der Waals surface area contributed by atoms with E-state index in [1.807, 2.05) is 47.8 Å². The van der Waals surface area contributed by atoms with Crippen molar-refractivity contribution < 1.29 is 41.9 Å². The van der Waals surface area contributed by atoms with Gasteiger partial charge >= 0.3 is 12.1 Å². The Bertz CT molecular complexity index is 1010. The fourth-order valence-corrected chi connectivity index (χ4v) is 5.24. The summed E-state index contributed by atoms with van der Waals surface area (Å²) < 4.78 is 38.2. The zero-order chi connectivity index (χ0) is 25.6. The fraction of sp³-hybridized carbons (Fsp3) is 0.458. The minimum atomic E-state index is -5.19. The molecule has 5 rings (SSSR count). The number of alkyl halides is 3. The number of carbonyl (C=O) groups excluding carboxylic acids is 3. The summed E-state index contributed by atoms with van der Waals surface area (Å²) in [6.45, 7) is 3.21. The number of fused-ring (bicyclic) bond motifs is 3. The van der Waals surface area contributed by atoms with Crippen LogP contribution in [-0.4, -0.2) is 66.7 Å². The van der Waals surface area contributed by atoms with Crippen molar-refractivity contribution in [2.75, 3.05) is 26.2 Å². The Morgan fingerprint density at radius 1 is 1.11 bits per heavy atom. The van der Waals surface area contributed by atoms with Gasteiger partial charge in [0.25, 0.3) is 0 Å². The van der Waals surface area contributed by atoms with Crippen LogP contribution in [0.25, 0.3) is 0 Å². The molecule has 2 aromatic rings. The normalized spacial score (nSPS) is 24.1. The van der Waals surface area contributed by atoms with Gasteiger partial charge in [0.1, 0.15) is 25.1 Å². The first kappa shape index (κ1) is 26.8. The topological polar surface area (TPSA) is 110 Å². The van der Waals surface area contributed by atoms with Crippen LogP contribution in [0.5, 0.6) is 0 Å². The molecule has 4 heterocycles. The molecule has 7 nitrogen and oxygen atoms in total. The van der Waals surface area contributed by atoms with Gasteiger partial charge < -0.3 is 24.9 Å². The molecule has 0 spiro atoms. The first-order valence-electron chi connectivity index (χ1n) is 11.2. The van der Waals surface area contributed by atoms with Crippen LogP contribution in [0.4, 0.5) is 13.2 Å². The standard InChI is InChI=1S/C22H27N2O3S.C2HF3O2/c23-18(13-16-5-2-1-3-6-16)22(26)27-20-15-24(10-8-17(20)9-11-24)14-19(25)21-7-4-12-28-21;3-2(4,5)1(6)7/h1-7,12,17-18,20H,8-11,13-15,23H2;(H,6,7)/q+1;/p-1/t17?,18-,20-,24?;/m0./s1. The van der Waals surface area contributed by atoms with Gasteiger partial charge in [0, 0.05) is 18.8 Å². The number of thiophene rings is 1. The molecular formula is C24H27F3N2O5S. The zero-order valence-electron chi connectivity index (χ0n) is 18.9. The lowest BCUT2D eigenvalue weighted by Gasteiger charge is -2.51. The van der Waals surface area contributed by atoms with E-state index in [0.29, 0.717) is 18.9 Å². The van der Waals surface area contributed by atoms with E-state index in [9.17, 15) is 22.8 Å². The molecule has 3 aliphatic rings. The molecule has 3 aliphatic heterocycles. The van der Waals surface area contributed by atoms with E-state index in [2.05, 4.69) is 0 Å². The fourth-order valence-electron chi connectivity index (χ4n) is 4.58. The second-order valence-electron chi connectivity index (χ2n) is 8.92. The minimum absolute atomic E-state index is 0.132. The summed E-state index contributed by atoms with van der Waals surface area (Å²) in [5, 5.41) is 10.7. The molecule has 2 atom stereocenters. The highest BCUT2D eigenvalue weighted by Gasteiger charge is 2.48. The molecule has 3 saturated heterocycles. The molecule has 1 aromatic carbocycles. The quantitative estimate of drug-likeness (QED) is 0.345. The van der Waals surface area contributed by atoms with Crippen LogP contribution >= 0.6 is 11.3 Å². The van der Waals surface area contributed by atoms with Gasteiger partial charge in [-0.05, 0) is 23.4 Å². The average Bonchev–Trinajstić information content (AvgIpc) is 3.35. The maximum atomic E-state index is 12.7. The first-order valence-corrected chi connectivity index (χ1v) is 12.1. The monoisotopic (exact) mass is 512 g/mol. The number of carboxylic acid groups (broad SMARTS) is 1. The zero-order valence-corrected chi connectivity index (χ0v) is 19.7. The van der Waals surface area contributed by atoms with Crippen LogP contribution in [0, 0.1) is 5.92 Å². The van der Waals surface area contributed by atoms with E-state index >= 15 is 0 Å². The number of piperidine rings is 3. The maximum Gasteiger partial charge on any atom is 0.430 e. The van der Waals surface area contributed by atoms with Crippen molar-refractivity contribution in [1.82, 2.24) is 0 Å². The van der Waals surface area contributed by atoms with Gasteiger partial charge in [-0.3, -0.25) is 9.59 Å². The Hall–Kier alpha value is -2.76. The number of Topliss-reactive ketones (excluding diaryl/α,β-unsaturated/α-hetero) is 1. The Morgan fingerprint density at radius 3 is 2.29 bits per heavy atom. The molecule has 11 heteroatoms. The third-order valence-electron chi connectivity index (χ3n) is 6.42. The number of rotatable bonds is 7. The molecular weight excluding hydrogens is 485 g/mol. The van der Waals surface area contributed by atoms with Crippen molar-refractivity contribution in [3.8, 4) is 0 Å². The van der Waals surface area contributed by atoms with Gasteiger partial charge in [-0.2, -0.15) is 13.2 Å². The SMILES string of the molecule is N[C@@H](Cc1ccccc1)C(=O)O[C@H]1C[N+]2(CC(=O)c3cccs3)CCC1CC2.O=C([O-])C(F)(F)F. The number of nitrogens with two attached hydrogens (primary N) is 1. The maximum absolute atomic E-state index is 12.7. The first-order chi connectivity index (χ1) is 16.5. The predicted octanol–water partition coefficient (Wildman–Crippen LogP) is 1.95. The second kappa shape index (κ2) is 11.3. The molecule has 2 bridgehead atoms. The van der Waals surface area contributed by atoms with Crippen molar-refractivity contribution in [2.24, 2.45) is 11.7 Å². The highest BCUT2D eigenvalue weighted by molar-refractivity contribution is 7.12. The molecule has 2 N–H and O–H groups in total. The summed E-state index contributed by atoms with van der Waals surface area (Å²) in [7, 11) is 0. The molecule has 190 valence electrons. The molecule has 3 fully saturated rings. The highest BCUT2D eigenvalue weighted by Crippen LogP contribution is 2.36. The number of benzene rings is 1. The van der Waals surface area contributed by atoms with Crippen molar-refractivity contribution in [3.05, 3.63) is 58.3 Å². The third-order valence-corrected chi connectivity index (χ3v) is 7.33. The Morgan fingerprint density at radius 2 is 1.74 bits per heavy atom. The number of hydrogen-bond acceptors (Lipinski definition) is 7. The summed E-state index contributed by atoms with van der Waals surface area (Å²) >= 11 is 1.50. The van der Waals surface area contributed by atoms with E-state index in [1.54, 1.807) is 0 Å². The number of ether oxygens (including phenoxy) is 1. The number of ketones is 1. The summed E-state index contributed by atoms with van der Waals surface area (Å²) in [6, 6.07) is 12.9. The third kappa shape index (κ3) is 7.36. The van der Waals surface area contributed by atoms with Crippen molar-refractivity contribution in [1.29, 1.82) is 0 Å². The molecule has 1 aromatic heterocycles. The number of halogens is 3. The summed E-state index contributed by atoms with van der Waals surface area (Å²) in [5.74, 6) is -2.75. The number of hydrogen-bond donors (Lipinski definition) is 1. The van der Waals surface area contributed by atoms with E-state index in [4.69, 9.17) is 20.4 Å². The van der Waals surface area contributed by atoms with Crippen LogP contribution in [0.15, 0.2) is 47.8 Å². The van der Waals surface area contributed by atoms with Crippen molar-refractivity contribution in [3.63, 3.8) is 0 Å². The van der Waals surface area contributed by atoms with Gasteiger partial charge in [-0.25, -0.2) is 0 Å². The van der Waals surface area contributed by atoms with Crippen LogP contribution in [0.1, 0.15) is 28.1 Å². The number of carbonyl (C=O) groups is 3. The number of nitrogens with zero attached hydrogens (tertiary/aromatic N) is 1. The second-order valence-corrected chi connectivity index (χ2v) is 9.87. The molecule has 0 amide bonds. The number of aliphatic carboxylic acids is 1. The molecule has 0 radical (unpaired) electrons. The van der Waals surface area contributed by atoms with E-state index in [-0.39, 0.29) is 17.9 Å². The average molecular weight is 513 g/mol. The van der Waals surface area contributed by atoms with Gasteiger partial charge in [0.2, 0.25) is 5.78 Å². The lowest BCUT2D eigenvalue weighted by Crippen LogP contribution is -2.66. The lowest BCUT2D eigenvalue weighted by atomic mass is 9.83. The van der Waals surface area contributed by atoms with Crippen LogP contribution < -0.4 is 10.8 Å². The largest absolute Gasteiger partial charge is 0.542 e. The molecule has 0 aliphatic carbocycles. The van der Waals surface area contributed by atoms with Crippen LogP contribution in [0.2, 0.25) is 0 Å². The van der Waals surface area contributed by atoms with E-state index < -0.39 is 18.2 Å². The van der Waals surface area contributed by atoms with Crippen molar-refractivity contribution in [2.45, 2.75) is 37.6 Å².